The summed E-state index contributed by atoms with van der Waals surface area (Å²) in [6, 6.07) is 13.3. The van der Waals surface area contributed by atoms with E-state index in [0.29, 0.717) is 18.5 Å². The van der Waals surface area contributed by atoms with E-state index in [2.05, 4.69) is 46.7 Å². The van der Waals surface area contributed by atoms with Crippen molar-refractivity contribution in [3.63, 3.8) is 0 Å². The third kappa shape index (κ3) is 3.40. The Hall–Kier alpha value is -1.65. The third-order valence-electron chi connectivity index (χ3n) is 5.31. The first-order valence-corrected chi connectivity index (χ1v) is 9.78. The standard InChI is InChI=1S/C20H24N2OS/c23-20(22-11-8-19-17(14-22)9-12-24-19)15-21-10-4-7-18(21)13-16-5-2-1-3-6-16/h1-3,5-6,9,12,18H,4,7-8,10-11,13-15H2/t18-/m1/s1. The van der Waals surface area contributed by atoms with E-state index in [1.807, 2.05) is 16.2 Å². The third-order valence-corrected chi connectivity index (χ3v) is 6.33. The molecule has 2 aliphatic rings. The van der Waals surface area contributed by atoms with Crippen molar-refractivity contribution in [3.8, 4) is 0 Å². The van der Waals surface area contributed by atoms with Crippen molar-refractivity contribution in [2.45, 2.75) is 38.3 Å². The van der Waals surface area contributed by atoms with Gasteiger partial charge in [0, 0.05) is 24.0 Å². The van der Waals surface area contributed by atoms with Gasteiger partial charge in [0.15, 0.2) is 0 Å². The van der Waals surface area contributed by atoms with E-state index in [1.54, 1.807) is 0 Å². The Morgan fingerprint density at radius 2 is 2.04 bits per heavy atom. The van der Waals surface area contributed by atoms with Crippen molar-refractivity contribution in [2.24, 2.45) is 0 Å². The Morgan fingerprint density at radius 1 is 1.17 bits per heavy atom. The van der Waals surface area contributed by atoms with E-state index in [9.17, 15) is 4.79 Å². The van der Waals surface area contributed by atoms with Gasteiger partial charge in [-0.05, 0) is 54.8 Å². The molecule has 1 amide bonds. The van der Waals surface area contributed by atoms with Crippen molar-refractivity contribution in [2.75, 3.05) is 19.6 Å². The molecule has 1 atom stereocenters. The molecule has 4 rings (SSSR count). The summed E-state index contributed by atoms with van der Waals surface area (Å²) in [5, 5.41) is 2.15. The minimum atomic E-state index is 0.298. The maximum atomic E-state index is 12.8. The lowest BCUT2D eigenvalue weighted by Gasteiger charge is -2.31. The molecule has 0 bridgehead atoms. The molecular weight excluding hydrogens is 316 g/mol. The fourth-order valence-electron chi connectivity index (χ4n) is 3.96. The van der Waals surface area contributed by atoms with Gasteiger partial charge in [-0.3, -0.25) is 9.69 Å². The quantitative estimate of drug-likeness (QED) is 0.852. The van der Waals surface area contributed by atoms with Crippen LogP contribution in [0.25, 0.3) is 0 Å². The van der Waals surface area contributed by atoms with Crippen molar-refractivity contribution in [1.29, 1.82) is 0 Å². The van der Waals surface area contributed by atoms with Crippen LogP contribution in [0, 0.1) is 0 Å². The Labute approximate surface area is 147 Å². The highest BCUT2D eigenvalue weighted by Gasteiger charge is 2.29. The summed E-state index contributed by atoms with van der Waals surface area (Å²) < 4.78 is 0. The van der Waals surface area contributed by atoms with Gasteiger partial charge in [-0.15, -0.1) is 11.3 Å². The molecule has 24 heavy (non-hydrogen) atoms. The van der Waals surface area contributed by atoms with Gasteiger partial charge in [-0.25, -0.2) is 0 Å². The smallest absolute Gasteiger partial charge is 0.237 e. The number of carbonyl (C=O) groups excluding carboxylic acids is 1. The lowest BCUT2D eigenvalue weighted by molar-refractivity contribution is -0.133. The van der Waals surface area contributed by atoms with Crippen LogP contribution in [0.1, 0.15) is 28.8 Å². The molecule has 1 fully saturated rings. The average Bonchev–Trinajstić information content (AvgIpc) is 3.24. The zero-order chi connectivity index (χ0) is 16.4. The molecule has 0 unspecified atom stereocenters. The Morgan fingerprint density at radius 3 is 2.92 bits per heavy atom. The summed E-state index contributed by atoms with van der Waals surface area (Å²) in [5.74, 6) is 0.298. The first-order chi connectivity index (χ1) is 11.8. The van der Waals surface area contributed by atoms with E-state index in [1.165, 1.54) is 28.8 Å². The fourth-order valence-corrected chi connectivity index (χ4v) is 4.85. The number of hydrogen-bond donors (Lipinski definition) is 0. The summed E-state index contributed by atoms with van der Waals surface area (Å²) in [7, 11) is 0. The topological polar surface area (TPSA) is 23.6 Å². The summed E-state index contributed by atoms with van der Waals surface area (Å²) >= 11 is 1.83. The summed E-state index contributed by atoms with van der Waals surface area (Å²) in [4.78, 5) is 18.7. The predicted molar refractivity (Wildman–Crippen MR) is 98.2 cm³/mol. The number of benzene rings is 1. The lowest BCUT2D eigenvalue weighted by atomic mass is 10.0. The van der Waals surface area contributed by atoms with Gasteiger partial charge in [-0.2, -0.15) is 0 Å². The number of carbonyl (C=O) groups is 1. The SMILES string of the molecule is O=C(CN1CCC[C@@H]1Cc1ccccc1)N1CCc2sccc2C1. The normalized spacial score (nSPS) is 21.0. The minimum absolute atomic E-state index is 0.298. The number of hydrogen-bond acceptors (Lipinski definition) is 3. The van der Waals surface area contributed by atoms with Gasteiger partial charge in [-0.1, -0.05) is 30.3 Å². The van der Waals surface area contributed by atoms with Crippen LogP contribution in [-0.4, -0.2) is 41.4 Å². The Kier molecular flexibility index (Phi) is 4.67. The van der Waals surface area contributed by atoms with Crippen molar-refractivity contribution in [3.05, 3.63) is 57.8 Å². The second kappa shape index (κ2) is 7.08. The van der Waals surface area contributed by atoms with E-state index in [4.69, 9.17) is 0 Å². The number of likely N-dealkylation sites (tertiary alicyclic amines) is 1. The fraction of sp³-hybridized carbons (Fsp3) is 0.450. The van der Waals surface area contributed by atoms with Crippen LogP contribution in [0.2, 0.25) is 0 Å². The number of fused-ring (bicyclic) bond motifs is 1. The highest BCUT2D eigenvalue weighted by Crippen LogP contribution is 2.25. The molecule has 0 saturated carbocycles. The van der Waals surface area contributed by atoms with E-state index >= 15 is 0 Å². The zero-order valence-corrected chi connectivity index (χ0v) is 14.8. The predicted octanol–water partition coefficient (Wildman–Crippen LogP) is 3.34. The van der Waals surface area contributed by atoms with Crippen LogP contribution in [-0.2, 0) is 24.2 Å². The van der Waals surface area contributed by atoms with Crippen LogP contribution in [0.5, 0.6) is 0 Å². The van der Waals surface area contributed by atoms with Crippen LogP contribution in [0.4, 0.5) is 0 Å². The second-order valence-corrected chi connectivity index (χ2v) is 7.89. The maximum absolute atomic E-state index is 12.8. The van der Waals surface area contributed by atoms with Crippen molar-refractivity contribution >= 4 is 17.2 Å². The molecule has 4 heteroatoms. The molecule has 2 aliphatic heterocycles. The Balaban J connectivity index is 1.36. The van der Waals surface area contributed by atoms with Gasteiger partial charge in [0.05, 0.1) is 6.54 Å². The van der Waals surface area contributed by atoms with Crippen LogP contribution in [0.3, 0.4) is 0 Å². The molecule has 3 nitrogen and oxygen atoms in total. The minimum Gasteiger partial charge on any atom is -0.337 e. The first kappa shape index (κ1) is 15.9. The van der Waals surface area contributed by atoms with Gasteiger partial charge in [0.25, 0.3) is 0 Å². The summed E-state index contributed by atoms with van der Waals surface area (Å²) in [6.45, 7) is 3.32. The second-order valence-electron chi connectivity index (χ2n) is 6.89. The number of nitrogens with zero attached hydrogens (tertiary/aromatic N) is 2. The molecule has 0 radical (unpaired) electrons. The largest absolute Gasteiger partial charge is 0.337 e. The van der Waals surface area contributed by atoms with E-state index in [0.717, 1.165) is 32.5 Å². The molecule has 1 saturated heterocycles. The molecule has 3 heterocycles. The lowest BCUT2D eigenvalue weighted by Crippen LogP contribution is -2.44. The average molecular weight is 340 g/mol. The van der Waals surface area contributed by atoms with E-state index < -0.39 is 0 Å². The summed E-state index contributed by atoms with van der Waals surface area (Å²) in [6.07, 6.45) is 4.49. The highest BCUT2D eigenvalue weighted by molar-refractivity contribution is 7.10. The van der Waals surface area contributed by atoms with Gasteiger partial charge in [0.2, 0.25) is 5.91 Å². The Bertz CT molecular complexity index is 697. The molecule has 0 N–H and O–H groups in total. The molecule has 0 aliphatic carbocycles. The number of rotatable bonds is 4. The zero-order valence-electron chi connectivity index (χ0n) is 14.0. The monoisotopic (exact) mass is 340 g/mol. The molecular formula is C20H24N2OS. The highest BCUT2D eigenvalue weighted by atomic mass is 32.1. The van der Waals surface area contributed by atoms with Gasteiger partial charge < -0.3 is 4.90 Å². The summed E-state index contributed by atoms with van der Waals surface area (Å²) in [5.41, 5.74) is 2.73. The maximum Gasteiger partial charge on any atom is 0.237 e. The van der Waals surface area contributed by atoms with Crippen LogP contribution < -0.4 is 0 Å². The van der Waals surface area contributed by atoms with E-state index in [-0.39, 0.29) is 0 Å². The first-order valence-electron chi connectivity index (χ1n) is 8.90. The van der Waals surface area contributed by atoms with Crippen LogP contribution >= 0.6 is 11.3 Å². The molecule has 1 aromatic heterocycles. The van der Waals surface area contributed by atoms with Crippen molar-refractivity contribution in [1.82, 2.24) is 9.80 Å². The molecule has 126 valence electrons. The molecule has 0 spiro atoms. The number of thiophene rings is 1. The van der Waals surface area contributed by atoms with Crippen molar-refractivity contribution < 1.29 is 4.79 Å². The van der Waals surface area contributed by atoms with Crippen LogP contribution in [0.15, 0.2) is 41.8 Å². The van der Waals surface area contributed by atoms with Gasteiger partial charge in [0.1, 0.15) is 0 Å². The number of amides is 1. The van der Waals surface area contributed by atoms with Gasteiger partial charge >= 0.3 is 0 Å². The molecule has 2 aromatic rings. The molecule has 1 aromatic carbocycles.